The van der Waals surface area contributed by atoms with Crippen LogP contribution in [0.2, 0.25) is 0 Å². The molecule has 0 bridgehead atoms. The molecule has 2 saturated heterocycles. The summed E-state index contributed by atoms with van der Waals surface area (Å²) in [5, 5.41) is 2.76. The molecule has 2 aliphatic rings. The zero-order valence-corrected chi connectivity index (χ0v) is 10.3. The van der Waals surface area contributed by atoms with Gasteiger partial charge in [0.05, 0.1) is 12.0 Å². The number of alkyl halides is 3. The van der Waals surface area contributed by atoms with Crippen molar-refractivity contribution in [2.45, 2.75) is 44.3 Å². The average Bonchev–Trinajstić information content (AvgIpc) is 2.38. The van der Waals surface area contributed by atoms with Gasteiger partial charge in [-0.3, -0.25) is 4.79 Å². The van der Waals surface area contributed by atoms with Gasteiger partial charge in [0.25, 0.3) is 0 Å². The van der Waals surface area contributed by atoms with Crippen LogP contribution >= 0.6 is 0 Å². The Balaban J connectivity index is 1.83. The predicted octanol–water partition coefficient (Wildman–Crippen LogP) is 1.93. The molecule has 0 radical (unpaired) electrons. The zero-order valence-electron chi connectivity index (χ0n) is 10.3. The van der Waals surface area contributed by atoms with E-state index in [1.54, 1.807) is 4.90 Å². The zero-order chi connectivity index (χ0) is 13.2. The minimum atomic E-state index is -4.15. The van der Waals surface area contributed by atoms with Gasteiger partial charge in [0.2, 0.25) is 5.91 Å². The summed E-state index contributed by atoms with van der Waals surface area (Å²) in [5.74, 6) is -1.32. The fourth-order valence-corrected chi connectivity index (χ4v) is 2.68. The molecule has 104 valence electrons. The highest BCUT2D eigenvalue weighted by Gasteiger charge is 2.42. The van der Waals surface area contributed by atoms with Gasteiger partial charge in [-0.1, -0.05) is 0 Å². The normalized spacial score (nSPS) is 30.3. The van der Waals surface area contributed by atoms with Gasteiger partial charge in [-0.05, 0) is 32.1 Å². The number of piperidine rings is 2. The Morgan fingerprint density at radius 3 is 2.28 bits per heavy atom. The molecule has 0 aliphatic carbocycles. The number of halogens is 3. The van der Waals surface area contributed by atoms with Crippen molar-refractivity contribution in [3.63, 3.8) is 0 Å². The maximum Gasteiger partial charge on any atom is 0.393 e. The number of likely N-dealkylation sites (tertiary alicyclic amines) is 1. The highest BCUT2D eigenvalue weighted by atomic mass is 19.4. The minimum Gasteiger partial charge on any atom is -0.341 e. The number of nitrogens with one attached hydrogen (secondary N) is 1. The Labute approximate surface area is 105 Å². The summed E-state index contributed by atoms with van der Waals surface area (Å²) in [6.45, 7) is 1.37. The van der Waals surface area contributed by atoms with Gasteiger partial charge in [-0.15, -0.1) is 0 Å². The van der Waals surface area contributed by atoms with Crippen molar-refractivity contribution in [2.24, 2.45) is 5.92 Å². The standard InChI is InChI=1S/C12H19F3N2O/c13-12(14,15)9-4-5-10(16-8-9)11(18)17-6-2-1-3-7-17/h9-10,16H,1-8H2. The molecule has 0 spiro atoms. The van der Waals surface area contributed by atoms with Crippen LogP contribution in [0.1, 0.15) is 32.1 Å². The van der Waals surface area contributed by atoms with Crippen molar-refractivity contribution in [1.29, 1.82) is 0 Å². The second kappa shape index (κ2) is 5.47. The highest BCUT2D eigenvalue weighted by molar-refractivity contribution is 5.82. The maximum atomic E-state index is 12.5. The molecular formula is C12H19F3N2O. The van der Waals surface area contributed by atoms with Gasteiger partial charge in [0.1, 0.15) is 0 Å². The molecule has 1 N–H and O–H groups in total. The number of carbonyl (C=O) groups is 1. The van der Waals surface area contributed by atoms with E-state index < -0.39 is 18.1 Å². The lowest BCUT2D eigenvalue weighted by Gasteiger charge is -2.35. The van der Waals surface area contributed by atoms with Gasteiger partial charge < -0.3 is 10.2 Å². The first-order chi connectivity index (χ1) is 8.48. The molecule has 1 amide bonds. The lowest BCUT2D eigenvalue weighted by atomic mass is 9.93. The van der Waals surface area contributed by atoms with Crippen molar-refractivity contribution >= 4 is 5.91 Å². The van der Waals surface area contributed by atoms with Crippen LogP contribution in [-0.2, 0) is 4.79 Å². The van der Waals surface area contributed by atoms with Crippen LogP contribution < -0.4 is 5.32 Å². The molecule has 2 fully saturated rings. The van der Waals surface area contributed by atoms with Crippen molar-refractivity contribution < 1.29 is 18.0 Å². The first kappa shape index (κ1) is 13.6. The maximum absolute atomic E-state index is 12.5. The third-order valence-electron chi connectivity index (χ3n) is 3.84. The number of carbonyl (C=O) groups excluding carboxylic acids is 1. The van der Waals surface area contributed by atoms with E-state index in [1.807, 2.05) is 0 Å². The second-order valence-corrected chi connectivity index (χ2v) is 5.16. The summed E-state index contributed by atoms with van der Waals surface area (Å²) in [7, 11) is 0. The Morgan fingerprint density at radius 2 is 1.78 bits per heavy atom. The van der Waals surface area contributed by atoms with Gasteiger partial charge >= 0.3 is 6.18 Å². The number of hydrogen-bond acceptors (Lipinski definition) is 2. The summed E-state index contributed by atoms with van der Waals surface area (Å²) in [5.41, 5.74) is 0. The van der Waals surface area contributed by atoms with Crippen LogP contribution in [-0.4, -0.2) is 42.7 Å². The lowest BCUT2D eigenvalue weighted by molar-refractivity contribution is -0.180. The van der Waals surface area contributed by atoms with Gasteiger partial charge in [-0.2, -0.15) is 13.2 Å². The summed E-state index contributed by atoms with van der Waals surface area (Å²) >= 11 is 0. The van der Waals surface area contributed by atoms with E-state index in [1.165, 1.54) is 0 Å². The third-order valence-corrected chi connectivity index (χ3v) is 3.84. The fraction of sp³-hybridized carbons (Fsp3) is 0.917. The molecule has 2 aliphatic heterocycles. The molecule has 2 rings (SSSR count). The number of nitrogens with zero attached hydrogens (tertiary/aromatic N) is 1. The number of rotatable bonds is 1. The fourth-order valence-electron chi connectivity index (χ4n) is 2.68. The molecular weight excluding hydrogens is 245 g/mol. The summed E-state index contributed by atoms with van der Waals surface area (Å²) in [4.78, 5) is 13.9. The quantitative estimate of drug-likeness (QED) is 0.785. The van der Waals surface area contributed by atoms with E-state index in [0.717, 1.165) is 32.4 Å². The molecule has 0 saturated carbocycles. The Morgan fingerprint density at radius 1 is 1.11 bits per heavy atom. The van der Waals surface area contributed by atoms with E-state index in [4.69, 9.17) is 0 Å². The van der Waals surface area contributed by atoms with E-state index in [9.17, 15) is 18.0 Å². The monoisotopic (exact) mass is 264 g/mol. The van der Waals surface area contributed by atoms with Crippen molar-refractivity contribution in [3.05, 3.63) is 0 Å². The predicted molar refractivity (Wildman–Crippen MR) is 61.0 cm³/mol. The third kappa shape index (κ3) is 3.16. The summed E-state index contributed by atoms with van der Waals surface area (Å²) in [6, 6.07) is -0.415. The molecule has 18 heavy (non-hydrogen) atoms. The average molecular weight is 264 g/mol. The minimum absolute atomic E-state index is 0.0182. The molecule has 3 nitrogen and oxygen atoms in total. The van der Waals surface area contributed by atoms with Crippen molar-refractivity contribution in [1.82, 2.24) is 10.2 Å². The van der Waals surface area contributed by atoms with E-state index in [2.05, 4.69) is 5.32 Å². The molecule has 2 atom stereocenters. The smallest absolute Gasteiger partial charge is 0.341 e. The molecule has 0 aromatic heterocycles. The van der Waals surface area contributed by atoms with E-state index in [0.29, 0.717) is 6.42 Å². The molecule has 2 unspecified atom stereocenters. The largest absolute Gasteiger partial charge is 0.393 e. The number of amides is 1. The molecule has 2 heterocycles. The van der Waals surface area contributed by atoms with Crippen LogP contribution in [0.15, 0.2) is 0 Å². The Bertz CT molecular complexity index is 292. The second-order valence-electron chi connectivity index (χ2n) is 5.16. The SMILES string of the molecule is O=C(C1CCC(C(F)(F)F)CN1)N1CCCCC1. The Kier molecular flexibility index (Phi) is 4.14. The van der Waals surface area contributed by atoms with Crippen LogP contribution in [0.3, 0.4) is 0 Å². The first-order valence-corrected chi connectivity index (χ1v) is 6.57. The highest BCUT2D eigenvalue weighted by Crippen LogP contribution is 2.32. The molecule has 0 aromatic rings. The van der Waals surface area contributed by atoms with Gasteiger partial charge in [0.15, 0.2) is 0 Å². The van der Waals surface area contributed by atoms with Crippen LogP contribution in [0.4, 0.5) is 13.2 Å². The van der Waals surface area contributed by atoms with E-state index >= 15 is 0 Å². The molecule has 0 aromatic carbocycles. The lowest BCUT2D eigenvalue weighted by Crippen LogP contribution is -2.53. The van der Waals surface area contributed by atoms with Crippen LogP contribution in [0, 0.1) is 5.92 Å². The molecule has 6 heteroatoms. The Hall–Kier alpha value is -0.780. The van der Waals surface area contributed by atoms with E-state index in [-0.39, 0.29) is 18.9 Å². The number of hydrogen-bond donors (Lipinski definition) is 1. The van der Waals surface area contributed by atoms with Gasteiger partial charge in [0, 0.05) is 19.6 Å². The topological polar surface area (TPSA) is 32.3 Å². The van der Waals surface area contributed by atoms with Crippen LogP contribution in [0.25, 0.3) is 0 Å². The van der Waals surface area contributed by atoms with Crippen LogP contribution in [0.5, 0.6) is 0 Å². The first-order valence-electron chi connectivity index (χ1n) is 6.57. The summed E-state index contributed by atoms with van der Waals surface area (Å²) in [6.07, 6.45) is -0.655. The van der Waals surface area contributed by atoms with Crippen molar-refractivity contribution in [2.75, 3.05) is 19.6 Å². The summed E-state index contributed by atoms with van der Waals surface area (Å²) < 4.78 is 37.5. The van der Waals surface area contributed by atoms with Gasteiger partial charge in [-0.25, -0.2) is 0 Å². The van der Waals surface area contributed by atoms with Crippen molar-refractivity contribution in [3.8, 4) is 0 Å².